The lowest BCUT2D eigenvalue weighted by molar-refractivity contribution is 0.0940. The van der Waals surface area contributed by atoms with Gasteiger partial charge < -0.3 is 15.6 Å². The molecule has 0 aliphatic heterocycles. The zero-order chi connectivity index (χ0) is 28.4. The summed E-state index contributed by atoms with van der Waals surface area (Å²) in [6, 6.07) is 19.5. The third kappa shape index (κ3) is 6.68. The number of halogens is 1. The van der Waals surface area contributed by atoms with Gasteiger partial charge in [-0.25, -0.2) is 12.8 Å². The van der Waals surface area contributed by atoms with E-state index in [9.17, 15) is 17.6 Å². The van der Waals surface area contributed by atoms with E-state index >= 15 is 0 Å². The Bertz CT molecular complexity index is 1570. The number of carbonyl (C=O) groups is 1. The molecule has 0 saturated carbocycles. The topological polar surface area (TPSA) is 131 Å². The standard InChI is InChI=1S/C28H30FN5O4S/c1-18(20-10-12-23(29)13-11-20)31-25(35)21-14-22(16-24(15-21)34(3)39(4,36)37)26-32-27(33-38-26)28(2,30)17-19-8-6-5-7-9-19/h5-16,18H,17,30H2,1-4H3,(H,31,35)/t18-,28-/m1/s1. The minimum absolute atomic E-state index is 0.0825. The number of aromatic nitrogens is 2. The summed E-state index contributed by atoms with van der Waals surface area (Å²) in [6.45, 7) is 3.55. The third-order valence-electron chi connectivity index (χ3n) is 6.36. The molecule has 9 nitrogen and oxygen atoms in total. The number of hydrogen-bond donors (Lipinski definition) is 2. The summed E-state index contributed by atoms with van der Waals surface area (Å²) >= 11 is 0. The molecule has 0 unspecified atom stereocenters. The number of sulfonamides is 1. The van der Waals surface area contributed by atoms with E-state index in [1.807, 2.05) is 30.3 Å². The van der Waals surface area contributed by atoms with Crippen molar-refractivity contribution in [2.75, 3.05) is 17.6 Å². The fourth-order valence-corrected chi connectivity index (χ4v) is 4.51. The Hall–Kier alpha value is -4.09. The summed E-state index contributed by atoms with van der Waals surface area (Å²) in [5.41, 5.74) is 8.04. The molecule has 0 aliphatic carbocycles. The van der Waals surface area contributed by atoms with Crippen molar-refractivity contribution in [1.82, 2.24) is 15.5 Å². The zero-order valence-corrected chi connectivity index (χ0v) is 22.9. The minimum atomic E-state index is -3.64. The summed E-state index contributed by atoms with van der Waals surface area (Å²) in [5, 5.41) is 6.94. The highest BCUT2D eigenvalue weighted by Gasteiger charge is 2.29. The lowest BCUT2D eigenvalue weighted by atomic mass is 9.93. The second-order valence-electron chi connectivity index (χ2n) is 9.75. The van der Waals surface area contributed by atoms with Crippen LogP contribution in [0.3, 0.4) is 0 Å². The van der Waals surface area contributed by atoms with Gasteiger partial charge in [-0.15, -0.1) is 0 Å². The molecule has 3 aromatic carbocycles. The lowest BCUT2D eigenvalue weighted by Gasteiger charge is -2.20. The largest absolute Gasteiger partial charge is 0.346 e. The molecular formula is C28H30FN5O4S. The molecule has 1 aromatic heterocycles. The molecule has 0 bridgehead atoms. The number of amides is 1. The van der Waals surface area contributed by atoms with Crippen molar-refractivity contribution in [2.24, 2.45) is 5.73 Å². The van der Waals surface area contributed by atoms with Gasteiger partial charge in [-0.1, -0.05) is 47.6 Å². The maximum Gasteiger partial charge on any atom is 0.258 e. The SMILES string of the molecule is C[C@@H](NC(=O)c1cc(-c2nc([C@](C)(N)Cc3ccccc3)no2)cc(N(C)S(C)(=O)=O)c1)c1ccc(F)cc1. The van der Waals surface area contributed by atoms with E-state index in [-0.39, 0.29) is 28.8 Å². The molecule has 39 heavy (non-hydrogen) atoms. The van der Waals surface area contributed by atoms with Crippen molar-refractivity contribution in [3.63, 3.8) is 0 Å². The van der Waals surface area contributed by atoms with E-state index in [0.29, 0.717) is 17.5 Å². The van der Waals surface area contributed by atoms with Crippen LogP contribution in [0.5, 0.6) is 0 Å². The van der Waals surface area contributed by atoms with Crippen LogP contribution in [0, 0.1) is 5.82 Å². The highest BCUT2D eigenvalue weighted by molar-refractivity contribution is 7.92. The fourth-order valence-electron chi connectivity index (χ4n) is 4.03. The van der Waals surface area contributed by atoms with Gasteiger partial charge in [0.2, 0.25) is 10.0 Å². The molecule has 0 aliphatic rings. The van der Waals surface area contributed by atoms with Crippen molar-refractivity contribution >= 4 is 21.6 Å². The molecule has 0 fully saturated rings. The molecule has 0 saturated heterocycles. The average Bonchev–Trinajstić information content (AvgIpc) is 3.40. The monoisotopic (exact) mass is 551 g/mol. The Morgan fingerprint density at radius 3 is 2.44 bits per heavy atom. The van der Waals surface area contributed by atoms with Crippen LogP contribution in [0.2, 0.25) is 0 Å². The highest BCUT2D eigenvalue weighted by Crippen LogP contribution is 2.29. The molecule has 204 valence electrons. The van der Waals surface area contributed by atoms with Crippen LogP contribution in [-0.2, 0) is 22.0 Å². The van der Waals surface area contributed by atoms with E-state index in [0.717, 1.165) is 16.1 Å². The van der Waals surface area contributed by atoms with Gasteiger partial charge >= 0.3 is 0 Å². The number of nitrogens with zero attached hydrogens (tertiary/aromatic N) is 3. The molecule has 0 spiro atoms. The second kappa shape index (κ2) is 11.0. The first kappa shape index (κ1) is 27.9. The van der Waals surface area contributed by atoms with E-state index in [1.165, 1.54) is 31.3 Å². The summed E-state index contributed by atoms with van der Waals surface area (Å²) < 4.78 is 44.5. The molecule has 0 radical (unpaired) electrons. The van der Waals surface area contributed by atoms with Crippen molar-refractivity contribution in [1.29, 1.82) is 0 Å². The number of rotatable bonds is 9. The Labute approximate surface area is 226 Å². The number of carbonyl (C=O) groups excluding carboxylic acids is 1. The number of hydrogen-bond acceptors (Lipinski definition) is 7. The van der Waals surface area contributed by atoms with E-state index < -0.39 is 27.5 Å². The highest BCUT2D eigenvalue weighted by atomic mass is 32.2. The van der Waals surface area contributed by atoms with Crippen molar-refractivity contribution in [3.8, 4) is 11.5 Å². The van der Waals surface area contributed by atoms with Crippen molar-refractivity contribution < 1.29 is 22.1 Å². The van der Waals surface area contributed by atoms with E-state index in [4.69, 9.17) is 10.3 Å². The number of nitrogens with one attached hydrogen (secondary N) is 1. The van der Waals surface area contributed by atoms with Gasteiger partial charge in [0.1, 0.15) is 5.82 Å². The summed E-state index contributed by atoms with van der Waals surface area (Å²) in [5.74, 6) is -0.503. The summed E-state index contributed by atoms with van der Waals surface area (Å²) in [4.78, 5) is 17.7. The van der Waals surface area contributed by atoms with Gasteiger partial charge in [-0.3, -0.25) is 9.10 Å². The Morgan fingerprint density at radius 1 is 1.13 bits per heavy atom. The minimum Gasteiger partial charge on any atom is -0.346 e. The fraction of sp³-hybridized carbons (Fsp3) is 0.250. The second-order valence-corrected chi connectivity index (χ2v) is 11.8. The molecule has 1 amide bonds. The molecule has 4 rings (SSSR count). The van der Waals surface area contributed by atoms with Gasteiger partial charge in [0.05, 0.1) is 23.5 Å². The summed E-state index contributed by atoms with van der Waals surface area (Å²) in [7, 11) is -2.26. The molecular weight excluding hydrogens is 521 g/mol. The van der Waals surface area contributed by atoms with Crippen LogP contribution in [0.25, 0.3) is 11.5 Å². The predicted octanol–water partition coefficient (Wildman–Crippen LogP) is 4.18. The maximum atomic E-state index is 13.3. The molecule has 4 aromatic rings. The van der Waals surface area contributed by atoms with E-state index in [2.05, 4.69) is 15.5 Å². The zero-order valence-electron chi connectivity index (χ0n) is 22.1. The normalized spacial score (nSPS) is 13.9. The smallest absolute Gasteiger partial charge is 0.258 e. The Morgan fingerprint density at radius 2 is 1.79 bits per heavy atom. The first-order valence-corrected chi connectivity index (χ1v) is 14.0. The number of anilines is 1. The van der Waals surface area contributed by atoms with Crippen LogP contribution in [-0.4, -0.2) is 37.8 Å². The third-order valence-corrected chi connectivity index (χ3v) is 7.56. The average molecular weight is 552 g/mol. The van der Waals surface area contributed by atoms with Crippen LogP contribution >= 0.6 is 0 Å². The van der Waals surface area contributed by atoms with Crippen LogP contribution in [0.15, 0.2) is 77.3 Å². The lowest BCUT2D eigenvalue weighted by Crippen LogP contribution is -2.36. The molecule has 11 heteroatoms. The van der Waals surface area contributed by atoms with Gasteiger partial charge in [-0.05, 0) is 61.7 Å². The van der Waals surface area contributed by atoms with Gasteiger partial charge in [0.15, 0.2) is 5.82 Å². The van der Waals surface area contributed by atoms with E-state index in [1.54, 1.807) is 32.0 Å². The quantitative estimate of drug-likeness (QED) is 0.319. The van der Waals surface area contributed by atoms with Crippen LogP contribution < -0.4 is 15.4 Å². The first-order chi connectivity index (χ1) is 18.3. The summed E-state index contributed by atoms with van der Waals surface area (Å²) in [6.07, 6.45) is 1.52. The molecule has 2 atom stereocenters. The van der Waals surface area contributed by atoms with Gasteiger partial charge in [-0.2, -0.15) is 4.98 Å². The van der Waals surface area contributed by atoms with Gasteiger partial charge in [0.25, 0.3) is 11.8 Å². The Kier molecular flexibility index (Phi) is 7.84. The first-order valence-electron chi connectivity index (χ1n) is 12.2. The molecule has 1 heterocycles. The van der Waals surface area contributed by atoms with Gasteiger partial charge in [0, 0.05) is 18.2 Å². The maximum absolute atomic E-state index is 13.3. The van der Waals surface area contributed by atoms with Crippen LogP contribution in [0.4, 0.5) is 10.1 Å². The Balaban J connectivity index is 1.67. The van der Waals surface area contributed by atoms with Crippen molar-refractivity contribution in [3.05, 3.63) is 101 Å². The molecule has 3 N–H and O–H groups in total. The number of nitrogens with two attached hydrogens (primary N) is 1. The number of benzene rings is 3. The van der Waals surface area contributed by atoms with Crippen LogP contribution in [0.1, 0.15) is 47.2 Å². The predicted molar refractivity (Wildman–Crippen MR) is 147 cm³/mol. The van der Waals surface area contributed by atoms with Crippen molar-refractivity contribution in [2.45, 2.75) is 31.8 Å².